The van der Waals surface area contributed by atoms with Crippen molar-refractivity contribution in [3.8, 4) is 0 Å². The fourth-order valence-corrected chi connectivity index (χ4v) is 4.34. The van der Waals surface area contributed by atoms with Crippen molar-refractivity contribution >= 4 is 46.8 Å². The number of unbranched alkanes of at least 4 members (excludes halogenated alkanes) is 2. The fraction of sp³-hybridized carbons (Fsp3) is 0.370. The minimum absolute atomic E-state index is 0.0200. The molecule has 6 N–H and O–H groups in total. The van der Waals surface area contributed by atoms with Gasteiger partial charge < -0.3 is 31.1 Å². The van der Waals surface area contributed by atoms with Gasteiger partial charge in [0.05, 0.1) is 21.8 Å². The van der Waals surface area contributed by atoms with Gasteiger partial charge in [-0.2, -0.15) is 0 Å². The molecule has 0 aromatic heterocycles. The first kappa shape index (κ1) is 31.1. The Kier molecular flexibility index (Phi) is 13.1. The number of hydrogen-bond donors (Lipinski definition) is 5. The lowest BCUT2D eigenvalue weighted by Crippen LogP contribution is -2.22. The third kappa shape index (κ3) is 11.1. The van der Waals surface area contributed by atoms with Gasteiger partial charge >= 0.3 is 17.9 Å². The highest BCUT2D eigenvalue weighted by Crippen LogP contribution is 2.31. The Hall–Kier alpha value is -3.11. The number of aliphatic carboxylic acids is 2. The largest absolute Gasteiger partial charge is 0.478 e. The summed E-state index contributed by atoms with van der Waals surface area (Å²) in [6, 6.07) is 11.5. The molecule has 0 saturated carbocycles. The Morgan fingerprint density at radius 1 is 1.00 bits per heavy atom. The number of carbonyl (C=O) groups excluding carboxylic acids is 1. The van der Waals surface area contributed by atoms with Crippen LogP contribution in [0.5, 0.6) is 0 Å². The average Bonchev–Trinajstić information content (AvgIpc) is 3.27. The van der Waals surface area contributed by atoms with E-state index in [2.05, 4.69) is 17.4 Å². The van der Waals surface area contributed by atoms with Crippen LogP contribution in [0.15, 0.2) is 48.6 Å². The van der Waals surface area contributed by atoms with E-state index < -0.39 is 18.0 Å². The van der Waals surface area contributed by atoms with E-state index in [1.165, 1.54) is 11.1 Å². The molecule has 1 unspecified atom stereocenters. The monoisotopic (exact) mass is 566 g/mol. The molecule has 0 heterocycles. The quantitative estimate of drug-likeness (QED) is 0.110. The number of aliphatic hydroxyl groups excluding tert-OH is 1. The summed E-state index contributed by atoms with van der Waals surface area (Å²) < 4.78 is 5.61. The zero-order valence-electron chi connectivity index (χ0n) is 20.7. The Morgan fingerprint density at radius 2 is 1.55 bits per heavy atom. The number of aliphatic hydroxyl groups is 1. The number of carboxylic acid groups (broad SMARTS) is 2. The van der Waals surface area contributed by atoms with Gasteiger partial charge in [-0.05, 0) is 48.2 Å². The van der Waals surface area contributed by atoms with Crippen molar-refractivity contribution in [3.63, 3.8) is 0 Å². The van der Waals surface area contributed by atoms with Crippen molar-refractivity contribution in [2.24, 2.45) is 0 Å². The molecule has 0 aliphatic heterocycles. The Bertz CT molecular complexity index is 1080. The number of fused-ring (bicyclic) bond motifs is 1. The second-order valence-electron chi connectivity index (χ2n) is 8.73. The van der Waals surface area contributed by atoms with Gasteiger partial charge in [-0.25, -0.2) is 9.59 Å². The number of anilines is 1. The number of nitrogens with two attached hydrogens (primary N) is 1. The minimum Gasteiger partial charge on any atom is -0.478 e. The van der Waals surface area contributed by atoms with E-state index in [4.69, 9.17) is 43.9 Å². The molecular weight excluding hydrogens is 535 g/mol. The third-order valence-corrected chi connectivity index (χ3v) is 6.36. The first-order valence-corrected chi connectivity index (χ1v) is 12.9. The molecular formula is C27H32Cl2N2O7. The van der Waals surface area contributed by atoms with E-state index in [0.29, 0.717) is 46.4 Å². The highest BCUT2D eigenvalue weighted by atomic mass is 35.5. The number of nitrogens with one attached hydrogen (secondary N) is 1. The maximum atomic E-state index is 12.1. The SMILES string of the molecule is Nc1c(Cl)cc(C(O)CNCCCCCC(=O)OC2Cc3ccccc3C2)cc1Cl.O=C(O)/C=C/C(=O)O. The van der Waals surface area contributed by atoms with E-state index in [1.54, 1.807) is 12.1 Å². The van der Waals surface area contributed by atoms with Gasteiger partial charge in [-0.15, -0.1) is 0 Å². The summed E-state index contributed by atoms with van der Waals surface area (Å²) in [7, 11) is 0. The molecule has 0 saturated heterocycles. The average molecular weight is 567 g/mol. The molecule has 38 heavy (non-hydrogen) atoms. The Morgan fingerprint density at radius 3 is 2.08 bits per heavy atom. The number of ether oxygens (including phenoxy) is 1. The van der Waals surface area contributed by atoms with Crippen LogP contribution in [0.1, 0.15) is 48.5 Å². The van der Waals surface area contributed by atoms with Gasteiger partial charge in [0.25, 0.3) is 0 Å². The van der Waals surface area contributed by atoms with Gasteiger partial charge in [0.15, 0.2) is 0 Å². The van der Waals surface area contributed by atoms with Crippen molar-refractivity contribution in [2.75, 3.05) is 18.8 Å². The van der Waals surface area contributed by atoms with E-state index in [0.717, 1.165) is 38.6 Å². The second kappa shape index (κ2) is 16.0. The van der Waals surface area contributed by atoms with Crippen LogP contribution in [-0.4, -0.2) is 52.4 Å². The molecule has 0 spiro atoms. The molecule has 0 radical (unpaired) electrons. The van der Waals surface area contributed by atoms with Crippen molar-refractivity contribution in [1.82, 2.24) is 5.32 Å². The number of hydrogen-bond acceptors (Lipinski definition) is 7. The van der Waals surface area contributed by atoms with Crippen molar-refractivity contribution in [3.05, 3.63) is 75.3 Å². The molecule has 1 aliphatic rings. The standard InChI is InChI=1S/C23H28Cl2N2O3.C4H4O4/c24-19-12-17(13-20(25)23(19)26)21(28)14-27-9-5-1-2-8-22(29)30-18-10-15-6-3-4-7-16(15)11-18;5-3(6)1-2-4(7)8/h3-4,6-7,12-13,18,21,27-28H,1-2,5,8-11,14,26H2;1-2H,(H,5,6)(H,7,8)/b;2-1+. The predicted molar refractivity (Wildman–Crippen MR) is 145 cm³/mol. The summed E-state index contributed by atoms with van der Waals surface area (Å²) >= 11 is 12.0. The summed E-state index contributed by atoms with van der Waals surface area (Å²) in [5, 5.41) is 29.8. The second-order valence-corrected chi connectivity index (χ2v) is 9.54. The number of carboxylic acids is 2. The van der Waals surface area contributed by atoms with Crippen molar-refractivity contribution in [2.45, 2.75) is 50.7 Å². The first-order valence-electron chi connectivity index (χ1n) is 12.1. The van der Waals surface area contributed by atoms with Gasteiger partial charge in [0.1, 0.15) is 6.10 Å². The topological polar surface area (TPSA) is 159 Å². The van der Waals surface area contributed by atoms with Crippen LogP contribution in [0, 0.1) is 0 Å². The molecule has 9 nitrogen and oxygen atoms in total. The van der Waals surface area contributed by atoms with Crippen LogP contribution in [0.3, 0.4) is 0 Å². The van der Waals surface area contributed by atoms with Crippen LogP contribution >= 0.6 is 23.2 Å². The number of esters is 1. The number of nitrogen functional groups attached to an aromatic ring is 1. The molecule has 11 heteroatoms. The lowest BCUT2D eigenvalue weighted by molar-refractivity contribution is -0.148. The maximum Gasteiger partial charge on any atom is 0.328 e. The number of halogens is 2. The molecule has 0 fully saturated rings. The van der Waals surface area contributed by atoms with E-state index in [9.17, 15) is 19.5 Å². The highest BCUT2D eigenvalue weighted by Gasteiger charge is 2.23. The zero-order chi connectivity index (χ0) is 28.1. The summed E-state index contributed by atoms with van der Waals surface area (Å²) in [4.78, 5) is 31.2. The highest BCUT2D eigenvalue weighted by molar-refractivity contribution is 6.38. The molecule has 0 amide bonds. The molecule has 3 rings (SSSR count). The molecule has 1 atom stereocenters. The molecule has 1 aliphatic carbocycles. The van der Waals surface area contributed by atoms with Gasteiger partial charge in [0.2, 0.25) is 0 Å². The van der Waals surface area contributed by atoms with Gasteiger partial charge in [-0.1, -0.05) is 53.9 Å². The van der Waals surface area contributed by atoms with E-state index in [1.807, 2.05) is 12.1 Å². The normalized spacial score (nSPS) is 13.4. The number of rotatable bonds is 12. The Labute approximate surface area is 231 Å². The lowest BCUT2D eigenvalue weighted by Gasteiger charge is -2.14. The Balaban J connectivity index is 0.000000550. The first-order chi connectivity index (χ1) is 18.1. The molecule has 206 valence electrons. The van der Waals surface area contributed by atoms with Crippen LogP contribution in [-0.2, 0) is 32.0 Å². The van der Waals surface area contributed by atoms with Crippen molar-refractivity contribution < 1.29 is 34.4 Å². The molecule has 2 aromatic carbocycles. The molecule has 2 aromatic rings. The van der Waals surface area contributed by atoms with E-state index >= 15 is 0 Å². The summed E-state index contributed by atoms with van der Waals surface area (Å²) in [6.07, 6.45) is 5.09. The number of carbonyl (C=O) groups is 3. The fourth-order valence-electron chi connectivity index (χ4n) is 3.84. The summed E-state index contributed by atoms with van der Waals surface area (Å²) in [6.45, 7) is 1.14. The lowest BCUT2D eigenvalue weighted by atomic mass is 10.1. The van der Waals surface area contributed by atoms with Crippen LogP contribution in [0.2, 0.25) is 10.0 Å². The van der Waals surface area contributed by atoms with Gasteiger partial charge in [-0.3, -0.25) is 4.79 Å². The predicted octanol–water partition coefficient (Wildman–Crippen LogP) is 4.18. The van der Waals surface area contributed by atoms with Crippen LogP contribution in [0.25, 0.3) is 0 Å². The van der Waals surface area contributed by atoms with Crippen molar-refractivity contribution in [1.29, 1.82) is 0 Å². The van der Waals surface area contributed by atoms with Crippen LogP contribution < -0.4 is 11.1 Å². The van der Waals surface area contributed by atoms with E-state index in [-0.39, 0.29) is 12.1 Å². The summed E-state index contributed by atoms with van der Waals surface area (Å²) in [5.74, 6) is -2.63. The smallest absolute Gasteiger partial charge is 0.328 e. The van der Waals surface area contributed by atoms with Gasteiger partial charge in [0, 0.05) is 38.0 Å². The zero-order valence-corrected chi connectivity index (χ0v) is 22.3. The molecule has 0 bridgehead atoms. The number of benzene rings is 2. The third-order valence-electron chi connectivity index (χ3n) is 5.74. The summed E-state index contributed by atoms with van der Waals surface area (Å²) in [5.41, 5.74) is 9.23. The minimum atomic E-state index is -1.26. The maximum absolute atomic E-state index is 12.1. The van der Waals surface area contributed by atoms with Crippen LogP contribution in [0.4, 0.5) is 5.69 Å².